The molecule has 0 amide bonds. The average Bonchev–Trinajstić information content (AvgIpc) is 2.51. The molecule has 4 heteroatoms. The summed E-state index contributed by atoms with van der Waals surface area (Å²) in [7, 11) is 1.63. The van der Waals surface area contributed by atoms with Crippen LogP contribution in [0, 0.1) is 17.6 Å². The molecule has 0 radical (unpaired) electrons. The van der Waals surface area contributed by atoms with Gasteiger partial charge in [0.2, 0.25) is 0 Å². The Morgan fingerprint density at radius 2 is 1.76 bits per heavy atom. The Kier molecular flexibility index (Phi) is 5.74. The molecule has 0 spiro atoms. The highest BCUT2D eigenvalue weighted by Crippen LogP contribution is 2.21. The van der Waals surface area contributed by atoms with Crippen LogP contribution in [0.5, 0.6) is 5.75 Å². The Balaban J connectivity index is 2.07. The van der Waals surface area contributed by atoms with Crippen molar-refractivity contribution in [1.29, 1.82) is 0 Å². The third kappa shape index (κ3) is 4.27. The average molecular weight is 355 g/mol. The molecule has 0 N–H and O–H groups in total. The van der Waals surface area contributed by atoms with E-state index in [1.54, 1.807) is 19.2 Å². The summed E-state index contributed by atoms with van der Waals surface area (Å²) in [6.45, 7) is 0. The van der Waals surface area contributed by atoms with Crippen molar-refractivity contribution in [2.75, 3.05) is 12.4 Å². The van der Waals surface area contributed by atoms with E-state index in [0.717, 1.165) is 29.1 Å². The quantitative estimate of drug-likeness (QED) is 0.679. The molecule has 2 aromatic rings. The molecule has 0 aliphatic rings. The molecule has 0 bridgehead atoms. The summed E-state index contributed by atoms with van der Waals surface area (Å²) < 4.78 is 32.1. The van der Waals surface area contributed by atoms with Gasteiger partial charge in [-0.15, -0.1) is 0 Å². The predicted octanol–water partition coefficient (Wildman–Crippen LogP) is 4.77. The molecule has 0 aromatic heterocycles. The van der Waals surface area contributed by atoms with Crippen LogP contribution in [0.15, 0.2) is 42.5 Å². The molecular weight excluding hydrogens is 338 g/mol. The predicted molar refractivity (Wildman–Crippen MR) is 84.0 cm³/mol. The summed E-state index contributed by atoms with van der Waals surface area (Å²) in [5.41, 5.74) is 1.57. The van der Waals surface area contributed by atoms with Gasteiger partial charge in [-0.25, -0.2) is 8.78 Å². The molecule has 112 valence electrons. The van der Waals surface area contributed by atoms with Crippen LogP contribution in [0.3, 0.4) is 0 Å². The van der Waals surface area contributed by atoms with E-state index in [1.165, 1.54) is 0 Å². The molecule has 0 aliphatic carbocycles. The number of halogens is 3. The zero-order chi connectivity index (χ0) is 15.2. The lowest BCUT2D eigenvalue weighted by Gasteiger charge is -2.15. The van der Waals surface area contributed by atoms with Gasteiger partial charge in [0, 0.05) is 5.33 Å². The minimum atomic E-state index is -0.787. The van der Waals surface area contributed by atoms with Gasteiger partial charge in [0.15, 0.2) is 11.6 Å². The van der Waals surface area contributed by atoms with Crippen molar-refractivity contribution in [3.05, 3.63) is 65.2 Å². The number of benzene rings is 2. The van der Waals surface area contributed by atoms with Gasteiger partial charge in [0.05, 0.1) is 7.11 Å². The Labute approximate surface area is 132 Å². The van der Waals surface area contributed by atoms with Crippen molar-refractivity contribution >= 4 is 15.9 Å². The molecule has 1 nitrogen and oxygen atoms in total. The fourth-order valence-electron chi connectivity index (χ4n) is 2.29. The van der Waals surface area contributed by atoms with Crippen LogP contribution in [0.2, 0.25) is 0 Å². The summed E-state index contributed by atoms with van der Waals surface area (Å²) in [5.74, 6) is -0.511. The number of ether oxygens (including phenoxy) is 1. The molecule has 0 aliphatic heterocycles. The van der Waals surface area contributed by atoms with E-state index < -0.39 is 11.6 Å². The largest absolute Gasteiger partial charge is 0.497 e. The van der Waals surface area contributed by atoms with Crippen molar-refractivity contribution in [1.82, 2.24) is 0 Å². The molecule has 2 aromatic carbocycles. The Morgan fingerprint density at radius 3 is 2.38 bits per heavy atom. The van der Waals surface area contributed by atoms with Gasteiger partial charge in [0.1, 0.15) is 5.75 Å². The van der Waals surface area contributed by atoms with Gasteiger partial charge >= 0.3 is 0 Å². The summed E-state index contributed by atoms with van der Waals surface area (Å²) in [6.07, 6.45) is 1.30. The summed E-state index contributed by atoms with van der Waals surface area (Å²) in [6, 6.07) is 12.1. The van der Waals surface area contributed by atoms with Crippen molar-refractivity contribution < 1.29 is 13.5 Å². The van der Waals surface area contributed by atoms with E-state index in [0.29, 0.717) is 12.0 Å². The first kappa shape index (κ1) is 16.0. The minimum Gasteiger partial charge on any atom is -0.497 e. The molecule has 21 heavy (non-hydrogen) atoms. The smallest absolute Gasteiger partial charge is 0.162 e. The van der Waals surface area contributed by atoms with Crippen molar-refractivity contribution in [3.63, 3.8) is 0 Å². The van der Waals surface area contributed by atoms with Crippen LogP contribution in [0.4, 0.5) is 8.78 Å². The van der Waals surface area contributed by atoms with Crippen molar-refractivity contribution in [2.24, 2.45) is 5.92 Å². The molecule has 0 saturated heterocycles. The van der Waals surface area contributed by atoms with Crippen LogP contribution in [-0.2, 0) is 12.8 Å². The van der Waals surface area contributed by atoms with Crippen LogP contribution < -0.4 is 4.74 Å². The zero-order valence-electron chi connectivity index (χ0n) is 11.8. The maximum absolute atomic E-state index is 13.7. The zero-order valence-corrected chi connectivity index (χ0v) is 13.4. The van der Waals surface area contributed by atoms with Gasteiger partial charge in [0.25, 0.3) is 0 Å². The third-order valence-corrected chi connectivity index (χ3v) is 4.36. The van der Waals surface area contributed by atoms with Gasteiger partial charge in [-0.05, 0) is 48.1 Å². The highest BCUT2D eigenvalue weighted by atomic mass is 79.9. The van der Waals surface area contributed by atoms with Crippen molar-refractivity contribution in [2.45, 2.75) is 12.8 Å². The van der Waals surface area contributed by atoms with Crippen LogP contribution in [-0.4, -0.2) is 12.4 Å². The van der Waals surface area contributed by atoms with E-state index in [9.17, 15) is 8.78 Å². The molecular formula is C17H17BrF2O. The standard InChI is InChI=1S/C17H17BrF2O/c1-21-15-7-5-12(6-8-15)9-13(11-18)10-14-3-2-4-16(19)17(14)20/h2-8,13H,9-11H2,1H3. The molecule has 1 unspecified atom stereocenters. The molecule has 0 heterocycles. The lowest BCUT2D eigenvalue weighted by atomic mass is 9.94. The lowest BCUT2D eigenvalue weighted by molar-refractivity contribution is 0.414. The third-order valence-electron chi connectivity index (χ3n) is 3.44. The summed E-state index contributed by atoms with van der Waals surface area (Å²) >= 11 is 3.46. The maximum atomic E-state index is 13.7. The van der Waals surface area contributed by atoms with Crippen molar-refractivity contribution in [3.8, 4) is 5.75 Å². The van der Waals surface area contributed by atoms with E-state index in [2.05, 4.69) is 15.9 Å². The maximum Gasteiger partial charge on any atom is 0.162 e. The van der Waals surface area contributed by atoms with Gasteiger partial charge in [-0.2, -0.15) is 0 Å². The Hall–Kier alpha value is -1.42. The van der Waals surface area contributed by atoms with Crippen LogP contribution in [0.1, 0.15) is 11.1 Å². The first-order chi connectivity index (χ1) is 10.1. The molecule has 0 saturated carbocycles. The second-order valence-corrected chi connectivity index (χ2v) is 5.64. The van der Waals surface area contributed by atoms with Gasteiger partial charge in [-0.1, -0.05) is 40.2 Å². The monoisotopic (exact) mass is 354 g/mol. The highest BCUT2D eigenvalue weighted by molar-refractivity contribution is 9.09. The Morgan fingerprint density at radius 1 is 1.05 bits per heavy atom. The number of methoxy groups -OCH3 is 1. The number of hydrogen-bond acceptors (Lipinski definition) is 1. The van der Waals surface area contributed by atoms with E-state index in [-0.39, 0.29) is 5.92 Å². The SMILES string of the molecule is COc1ccc(CC(CBr)Cc2cccc(F)c2F)cc1. The molecule has 1 atom stereocenters. The van der Waals surface area contributed by atoms with Gasteiger partial charge < -0.3 is 4.74 Å². The minimum absolute atomic E-state index is 0.203. The topological polar surface area (TPSA) is 9.23 Å². The second kappa shape index (κ2) is 7.55. The van der Waals surface area contributed by atoms with Crippen LogP contribution in [0.25, 0.3) is 0 Å². The summed E-state index contributed by atoms with van der Waals surface area (Å²) in [4.78, 5) is 0. The number of rotatable bonds is 6. The fraction of sp³-hybridized carbons (Fsp3) is 0.294. The van der Waals surface area contributed by atoms with E-state index in [4.69, 9.17) is 4.74 Å². The van der Waals surface area contributed by atoms with E-state index >= 15 is 0 Å². The van der Waals surface area contributed by atoms with Crippen LogP contribution >= 0.6 is 15.9 Å². The number of hydrogen-bond donors (Lipinski definition) is 0. The second-order valence-electron chi connectivity index (χ2n) is 4.99. The Bertz CT molecular complexity index is 584. The summed E-state index contributed by atoms with van der Waals surface area (Å²) in [5, 5.41) is 0.731. The lowest BCUT2D eigenvalue weighted by Crippen LogP contribution is -2.11. The van der Waals surface area contributed by atoms with E-state index in [1.807, 2.05) is 24.3 Å². The normalized spacial score (nSPS) is 12.2. The molecule has 2 rings (SSSR count). The first-order valence-corrected chi connectivity index (χ1v) is 7.88. The van der Waals surface area contributed by atoms with Gasteiger partial charge in [-0.3, -0.25) is 0 Å². The fourth-order valence-corrected chi connectivity index (χ4v) is 2.75. The number of alkyl halides is 1. The first-order valence-electron chi connectivity index (χ1n) is 6.75. The molecule has 0 fully saturated rings. The highest BCUT2D eigenvalue weighted by Gasteiger charge is 2.14.